The van der Waals surface area contributed by atoms with E-state index in [9.17, 15) is 9.90 Å². The standard InChI is InChI=1S/C23H21N5O2/c24-21-12-6-17(16-4-2-1-3-5-16)14-22(21)25-23(30)13-7-18-15-28(27-26-18)19-8-10-20(29)11-9-19/h1-6,8-12,14-15,29H,7,13,24H2,(H,25,30). The maximum atomic E-state index is 12.5. The molecule has 3 aromatic carbocycles. The van der Waals surface area contributed by atoms with E-state index in [0.29, 0.717) is 23.5 Å². The molecule has 4 N–H and O–H groups in total. The Morgan fingerprint density at radius 3 is 2.53 bits per heavy atom. The summed E-state index contributed by atoms with van der Waals surface area (Å²) >= 11 is 0. The van der Waals surface area contributed by atoms with Crippen LogP contribution in [0.4, 0.5) is 11.4 Å². The van der Waals surface area contributed by atoms with Gasteiger partial charge in [0, 0.05) is 12.8 Å². The number of phenolic OH excluding ortho intramolecular Hbond substituents is 1. The lowest BCUT2D eigenvalue weighted by molar-refractivity contribution is -0.116. The number of nitrogens with zero attached hydrogens (tertiary/aromatic N) is 3. The van der Waals surface area contributed by atoms with Crippen LogP contribution in [0.3, 0.4) is 0 Å². The van der Waals surface area contributed by atoms with E-state index in [1.807, 2.05) is 42.5 Å². The van der Waals surface area contributed by atoms with Crippen molar-refractivity contribution in [2.45, 2.75) is 12.8 Å². The third-order valence-corrected chi connectivity index (χ3v) is 4.70. The fraction of sp³-hybridized carbons (Fsp3) is 0.0870. The number of amides is 1. The third kappa shape index (κ3) is 4.47. The van der Waals surface area contributed by atoms with E-state index in [0.717, 1.165) is 16.8 Å². The highest BCUT2D eigenvalue weighted by molar-refractivity contribution is 5.95. The molecule has 0 fully saturated rings. The fourth-order valence-corrected chi connectivity index (χ4v) is 3.07. The number of hydrogen-bond acceptors (Lipinski definition) is 5. The van der Waals surface area contributed by atoms with Crippen LogP contribution in [0.2, 0.25) is 0 Å². The number of anilines is 2. The zero-order valence-corrected chi connectivity index (χ0v) is 16.2. The molecular weight excluding hydrogens is 378 g/mol. The number of aromatic nitrogens is 3. The van der Waals surface area contributed by atoms with Gasteiger partial charge in [0.25, 0.3) is 0 Å². The first-order valence-corrected chi connectivity index (χ1v) is 9.54. The van der Waals surface area contributed by atoms with Gasteiger partial charge < -0.3 is 16.2 Å². The molecule has 0 aliphatic heterocycles. The van der Waals surface area contributed by atoms with E-state index >= 15 is 0 Å². The van der Waals surface area contributed by atoms with Crippen molar-refractivity contribution < 1.29 is 9.90 Å². The van der Waals surface area contributed by atoms with Crippen LogP contribution in [0.5, 0.6) is 5.75 Å². The predicted molar refractivity (Wildman–Crippen MR) is 116 cm³/mol. The van der Waals surface area contributed by atoms with Crippen LogP contribution < -0.4 is 11.1 Å². The van der Waals surface area contributed by atoms with E-state index in [-0.39, 0.29) is 18.1 Å². The van der Waals surface area contributed by atoms with Crippen LogP contribution >= 0.6 is 0 Å². The molecule has 1 aromatic heterocycles. The van der Waals surface area contributed by atoms with E-state index < -0.39 is 0 Å². The number of benzene rings is 3. The number of carbonyl (C=O) groups excluding carboxylic acids is 1. The highest BCUT2D eigenvalue weighted by atomic mass is 16.3. The normalized spacial score (nSPS) is 10.7. The largest absolute Gasteiger partial charge is 0.508 e. The number of nitrogen functional groups attached to an aromatic ring is 1. The predicted octanol–water partition coefficient (Wildman–Crippen LogP) is 3.79. The van der Waals surface area contributed by atoms with Crippen molar-refractivity contribution >= 4 is 17.3 Å². The molecule has 1 amide bonds. The zero-order chi connectivity index (χ0) is 20.9. The first kappa shape index (κ1) is 19.2. The molecule has 0 aliphatic carbocycles. The fourth-order valence-electron chi connectivity index (χ4n) is 3.07. The molecule has 4 rings (SSSR count). The average Bonchev–Trinajstić information content (AvgIpc) is 3.24. The van der Waals surface area contributed by atoms with Crippen LogP contribution in [-0.4, -0.2) is 26.0 Å². The van der Waals surface area contributed by atoms with Crippen LogP contribution in [0.25, 0.3) is 16.8 Å². The molecule has 150 valence electrons. The van der Waals surface area contributed by atoms with Gasteiger partial charge in [-0.15, -0.1) is 5.10 Å². The summed E-state index contributed by atoms with van der Waals surface area (Å²) in [6, 6.07) is 22.2. The summed E-state index contributed by atoms with van der Waals surface area (Å²) in [7, 11) is 0. The molecule has 1 heterocycles. The van der Waals surface area contributed by atoms with Crippen LogP contribution in [-0.2, 0) is 11.2 Å². The second-order valence-electron chi connectivity index (χ2n) is 6.89. The van der Waals surface area contributed by atoms with Crippen molar-refractivity contribution in [2.75, 3.05) is 11.1 Å². The van der Waals surface area contributed by atoms with Crippen molar-refractivity contribution in [3.05, 3.63) is 84.7 Å². The lowest BCUT2D eigenvalue weighted by Crippen LogP contribution is -2.13. The van der Waals surface area contributed by atoms with Gasteiger partial charge in [0.15, 0.2) is 0 Å². The quantitative estimate of drug-likeness (QED) is 0.428. The average molecular weight is 399 g/mol. The number of nitrogens with one attached hydrogen (secondary N) is 1. The van der Waals surface area contributed by atoms with Gasteiger partial charge in [-0.3, -0.25) is 4.79 Å². The summed E-state index contributed by atoms with van der Waals surface area (Å²) in [6.07, 6.45) is 2.47. The smallest absolute Gasteiger partial charge is 0.224 e. The minimum atomic E-state index is -0.147. The van der Waals surface area contributed by atoms with Crippen LogP contribution in [0, 0.1) is 0 Å². The zero-order valence-electron chi connectivity index (χ0n) is 16.2. The molecule has 0 atom stereocenters. The number of carbonyl (C=O) groups is 1. The highest BCUT2D eigenvalue weighted by Crippen LogP contribution is 2.27. The summed E-state index contributed by atoms with van der Waals surface area (Å²) in [6.45, 7) is 0. The highest BCUT2D eigenvalue weighted by Gasteiger charge is 2.10. The Bertz CT molecular complexity index is 1150. The maximum Gasteiger partial charge on any atom is 0.224 e. The van der Waals surface area contributed by atoms with Crippen molar-refractivity contribution in [2.24, 2.45) is 0 Å². The molecule has 0 aliphatic rings. The van der Waals surface area contributed by atoms with Gasteiger partial charge in [0.1, 0.15) is 5.75 Å². The topological polar surface area (TPSA) is 106 Å². The Kier molecular flexibility index (Phi) is 5.43. The van der Waals surface area contributed by atoms with Gasteiger partial charge >= 0.3 is 0 Å². The minimum Gasteiger partial charge on any atom is -0.508 e. The lowest BCUT2D eigenvalue weighted by Gasteiger charge is -2.10. The van der Waals surface area contributed by atoms with Gasteiger partial charge in [0.2, 0.25) is 5.91 Å². The first-order chi connectivity index (χ1) is 14.6. The number of aromatic hydroxyl groups is 1. The molecule has 4 aromatic rings. The van der Waals surface area contributed by atoms with Gasteiger partial charge in [-0.05, 0) is 47.5 Å². The molecule has 0 spiro atoms. The second kappa shape index (κ2) is 8.48. The molecular formula is C23H21N5O2. The number of nitrogens with two attached hydrogens (primary N) is 1. The lowest BCUT2D eigenvalue weighted by atomic mass is 10.0. The van der Waals surface area contributed by atoms with Crippen molar-refractivity contribution in [1.82, 2.24) is 15.0 Å². The minimum absolute atomic E-state index is 0.147. The number of aryl methyl sites for hydroxylation is 1. The summed E-state index contributed by atoms with van der Waals surface area (Å²) in [5.41, 5.74) is 10.7. The summed E-state index contributed by atoms with van der Waals surface area (Å²) in [5.74, 6) is 0.0393. The van der Waals surface area contributed by atoms with Gasteiger partial charge in [-0.1, -0.05) is 41.6 Å². The Morgan fingerprint density at radius 1 is 1.00 bits per heavy atom. The Hall–Kier alpha value is -4.13. The molecule has 0 saturated heterocycles. The second-order valence-corrected chi connectivity index (χ2v) is 6.89. The van der Waals surface area contributed by atoms with E-state index in [2.05, 4.69) is 15.6 Å². The Labute approximate surface area is 173 Å². The van der Waals surface area contributed by atoms with Gasteiger partial charge in [0.05, 0.1) is 29.0 Å². The van der Waals surface area contributed by atoms with Crippen molar-refractivity contribution in [3.63, 3.8) is 0 Å². The molecule has 0 saturated carbocycles. The van der Waals surface area contributed by atoms with Crippen LogP contribution in [0.15, 0.2) is 79.0 Å². The molecule has 0 unspecified atom stereocenters. The summed E-state index contributed by atoms with van der Waals surface area (Å²) in [4.78, 5) is 12.5. The van der Waals surface area contributed by atoms with Crippen LogP contribution in [0.1, 0.15) is 12.1 Å². The Morgan fingerprint density at radius 2 is 1.77 bits per heavy atom. The molecule has 7 heteroatoms. The van der Waals surface area contributed by atoms with Crippen molar-refractivity contribution in [1.29, 1.82) is 0 Å². The first-order valence-electron chi connectivity index (χ1n) is 9.54. The SMILES string of the molecule is Nc1ccc(-c2ccccc2)cc1NC(=O)CCc1cn(-c2ccc(O)cc2)nn1. The number of phenols is 1. The van der Waals surface area contributed by atoms with E-state index in [1.54, 1.807) is 41.2 Å². The number of hydrogen-bond donors (Lipinski definition) is 3. The summed E-state index contributed by atoms with van der Waals surface area (Å²) in [5, 5.41) is 20.4. The monoisotopic (exact) mass is 399 g/mol. The molecule has 7 nitrogen and oxygen atoms in total. The molecule has 0 bridgehead atoms. The molecule has 30 heavy (non-hydrogen) atoms. The van der Waals surface area contributed by atoms with Gasteiger partial charge in [-0.2, -0.15) is 0 Å². The van der Waals surface area contributed by atoms with E-state index in [4.69, 9.17) is 5.73 Å². The Balaban J connectivity index is 1.39. The number of rotatable bonds is 6. The third-order valence-electron chi connectivity index (χ3n) is 4.70. The van der Waals surface area contributed by atoms with Gasteiger partial charge in [-0.25, -0.2) is 4.68 Å². The van der Waals surface area contributed by atoms with E-state index in [1.165, 1.54) is 0 Å². The van der Waals surface area contributed by atoms with Crippen molar-refractivity contribution in [3.8, 4) is 22.6 Å². The molecule has 0 radical (unpaired) electrons. The summed E-state index contributed by atoms with van der Waals surface area (Å²) < 4.78 is 1.61. The maximum absolute atomic E-state index is 12.5.